The highest BCUT2D eigenvalue weighted by Gasteiger charge is 2.16. The first-order valence-corrected chi connectivity index (χ1v) is 8.93. The maximum atomic E-state index is 12.2. The van der Waals surface area contributed by atoms with E-state index in [4.69, 9.17) is 4.74 Å². The molecule has 0 atom stereocenters. The van der Waals surface area contributed by atoms with Gasteiger partial charge >= 0.3 is 0 Å². The monoisotopic (exact) mass is 450 g/mol. The molecule has 0 spiro atoms. The van der Waals surface area contributed by atoms with Crippen molar-refractivity contribution in [2.45, 2.75) is 20.8 Å². The number of rotatable bonds is 4. The van der Waals surface area contributed by atoms with E-state index in [1.54, 1.807) is 4.68 Å². The van der Waals surface area contributed by atoms with Gasteiger partial charge in [-0.2, -0.15) is 0 Å². The zero-order valence-electron chi connectivity index (χ0n) is 14.6. The Morgan fingerprint density at radius 3 is 2.72 bits per heavy atom. The number of nitrogens with one attached hydrogen (secondary N) is 1. The number of nitrogens with zero attached hydrogens (tertiary/aromatic N) is 3. The summed E-state index contributed by atoms with van der Waals surface area (Å²) in [6.45, 7) is 5.78. The smallest absolute Gasteiger partial charge is 0.262 e. The zero-order chi connectivity index (χ0) is 18.1. The summed E-state index contributed by atoms with van der Waals surface area (Å²) in [7, 11) is 1.82. The molecule has 1 N–H and O–H groups in total. The fraction of sp³-hybridized carbons (Fsp3) is 0.278. The molecule has 0 fully saturated rings. The minimum atomic E-state index is -0.221. The molecule has 1 amide bonds. The topological polar surface area (TPSA) is 69.0 Å². The maximum absolute atomic E-state index is 12.2. The van der Waals surface area contributed by atoms with Crippen LogP contribution in [0.4, 0.5) is 5.69 Å². The minimum Gasteiger partial charge on any atom is -0.466 e. The van der Waals surface area contributed by atoms with Gasteiger partial charge in [-0.1, -0.05) is 0 Å². The van der Waals surface area contributed by atoms with Crippen molar-refractivity contribution in [2.75, 3.05) is 11.9 Å². The number of hydrogen-bond donors (Lipinski definition) is 1. The lowest BCUT2D eigenvalue weighted by molar-refractivity contribution is -0.118. The highest BCUT2D eigenvalue weighted by atomic mass is 127. The Morgan fingerprint density at radius 1 is 1.24 bits per heavy atom. The number of anilines is 1. The number of halogens is 1. The second-order valence-corrected chi connectivity index (χ2v) is 7.25. The van der Waals surface area contributed by atoms with E-state index in [-0.39, 0.29) is 12.5 Å². The van der Waals surface area contributed by atoms with Crippen molar-refractivity contribution >= 4 is 45.2 Å². The number of aryl methyl sites for hydroxylation is 4. The first kappa shape index (κ1) is 17.7. The van der Waals surface area contributed by atoms with Crippen molar-refractivity contribution in [3.8, 4) is 5.88 Å². The number of hydrogen-bond acceptors (Lipinski definition) is 4. The number of carbonyl (C=O) groups is 1. The van der Waals surface area contributed by atoms with Crippen molar-refractivity contribution in [3.05, 3.63) is 44.7 Å². The molecule has 0 aliphatic carbocycles. The molecular formula is C18H19IN4O2. The van der Waals surface area contributed by atoms with E-state index in [2.05, 4.69) is 38.0 Å². The second-order valence-electron chi connectivity index (χ2n) is 6.00. The van der Waals surface area contributed by atoms with E-state index in [9.17, 15) is 4.79 Å². The molecule has 0 aliphatic heterocycles. The van der Waals surface area contributed by atoms with Crippen LogP contribution in [0.15, 0.2) is 24.3 Å². The van der Waals surface area contributed by atoms with Gasteiger partial charge in [-0.05, 0) is 78.8 Å². The van der Waals surface area contributed by atoms with Gasteiger partial charge < -0.3 is 10.1 Å². The molecular weight excluding hydrogens is 431 g/mol. The molecule has 6 nitrogen and oxygen atoms in total. The molecule has 0 saturated carbocycles. The van der Waals surface area contributed by atoms with E-state index in [0.717, 1.165) is 37.1 Å². The molecule has 0 aliphatic rings. The van der Waals surface area contributed by atoms with Gasteiger partial charge in [0.25, 0.3) is 5.91 Å². The lowest BCUT2D eigenvalue weighted by Gasteiger charge is -2.09. The minimum absolute atomic E-state index is 0.106. The summed E-state index contributed by atoms with van der Waals surface area (Å²) < 4.78 is 8.47. The Kier molecular flexibility index (Phi) is 4.94. The van der Waals surface area contributed by atoms with E-state index < -0.39 is 0 Å². The number of ether oxygens (including phenoxy) is 1. The van der Waals surface area contributed by atoms with E-state index in [0.29, 0.717) is 5.88 Å². The normalized spacial score (nSPS) is 10.9. The predicted molar refractivity (Wildman–Crippen MR) is 106 cm³/mol. The fourth-order valence-electron chi connectivity index (χ4n) is 2.74. The third kappa shape index (κ3) is 3.76. The average molecular weight is 450 g/mol. The van der Waals surface area contributed by atoms with Crippen molar-refractivity contribution in [1.29, 1.82) is 0 Å². The number of carbonyl (C=O) groups excluding carboxylic acids is 1. The standard InChI is InChI=1S/C18H19IN4O2/c1-10-8-13(19)5-6-14(10)21-15(24)9-25-18-16-11(2)7-12(3)20-17(16)23(4)22-18/h5-8H,9H2,1-4H3,(H,21,24). The third-order valence-electron chi connectivity index (χ3n) is 3.89. The molecule has 0 unspecified atom stereocenters. The van der Waals surface area contributed by atoms with Crippen molar-refractivity contribution in [2.24, 2.45) is 7.05 Å². The molecule has 1 aromatic carbocycles. The van der Waals surface area contributed by atoms with Crippen LogP contribution < -0.4 is 10.1 Å². The number of amides is 1. The summed E-state index contributed by atoms with van der Waals surface area (Å²) in [5.41, 5.74) is 4.50. The van der Waals surface area contributed by atoms with Gasteiger partial charge in [0.05, 0.1) is 5.39 Å². The van der Waals surface area contributed by atoms with Gasteiger partial charge in [-0.3, -0.25) is 4.79 Å². The van der Waals surface area contributed by atoms with Crippen molar-refractivity contribution < 1.29 is 9.53 Å². The molecule has 0 bridgehead atoms. The van der Waals surface area contributed by atoms with Crippen LogP contribution in [0.2, 0.25) is 0 Å². The Morgan fingerprint density at radius 2 is 2.00 bits per heavy atom. The predicted octanol–water partition coefficient (Wildman–Crippen LogP) is 3.52. The average Bonchev–Trinajstić information content (AvgIpc) is 2.84. The highest BCUT2D eigenvalue weighted by Crippen LogP contribution is 2.27. The van der Waals surface area contributed by atoms with Gasteiger partial charge in [0.2, 0.25) is 5.88 Å². The Bertz CT molecular complexity index is 965. The van der Waals surface area contributed by atoms with Crippen LogP contribution in [0.1, 0.15) is 16.8 Å². The Balaban J connectivity index is 1.75. The van der Waals surface area contributed by atoms with Gasteiger partial charge in [-0.25, -0.2) is 9.67 Å². The lowest BCUT2D eigenvalue weighted by atomic mass is 10.2. The molecule has 0 saturated heterocycles. The van der Waals surface area contributed by atoms with Crippen LogP contribution in [0.5, 0.6) is 5.88 Å². The molecule has 2 heterocycles. The van der Waals surface area contributed by atoms with Crippen LogP contribution >= 0.6 is 22.6 Å². The SMILES string of the molecule is Cc1cc(C)c2c(OCC(=O)Nc3ccc(I)cc3C)nn(C)c2n1. The van der Waals surface area contributed by atoms with Crippen molar-refractivity contribution in [1.82, 2.24) is 14.8 Å². The van der Waals surface area contributed by atoms with Crippen LogP contribution in [-0.2, 0) is 11.8 Å². The van der Waals surface area contributed by atoms with Crippen LogP contribution in [0.3, 0.4) is 0 Å². The summed E-state index contributed by atoms with van der Waals surface area (Å²) >= 11 is 2.24. The quantitative estimate of drug-likeness (QED) is 0.618. The molecule has 2 aromatic heterocycles. The summed E-state index contributed by atoms with van der Waals surface area (Å²) in [6, 6.07) is 7.84. The molecule has 0 radical (unpaired) electrons. The fourth-order valence-corrected chi connectivity index (χ4v) is 3.38. The van der Waals surface area contributed by atoms with Crippen LogP contribution in [0, 0.1) is 24.3 Å². The molecule has 7 heteroatoms. The van der Waals surface area contributed by atoms with Crippen molar-refractivity contribution in [3.63, 3.8) is 0 Å². The Hall–Kier alpha value is -2.16. The number of benzene rings is 1. The second kappa shape index (κ2) is 6.99. The van der Waals surface area contributed by atoms with E-state index in [1.807, 2.05) is 52.1 Å². The summed E-state index contributed by atoms with van der Waals surface area (Å²) in [5.74, 6) is 0.206. The first-order chi connectivity index (χ1) is 11.8. The van der Waals surface area contributed by atoms with Crippen LogP contribution in [-0.4, -0.2) is 27.3 Å². The number of pyridine rings is 1. The van der Waals surface area contributed by atoms with Crippen LogP contribution in [0.25, 0.3) is 11.0 Å². The van der Waals surface area contributed by atoms with Gasteiger partial charge in [-0.15, -0.1) is 5.10 Å². The summed E-state index contributed by atoms with van der Waals surface area (Å²) in [6.07, 6.45) is 0. The molecule has 3 aromatic rings. The zero-order valence-corrected chi connectivity index (χ0v) is 16.7. The van der Waals surface area contributed by atoms with Gasteiger partial charge in [0, 0.05) is 22.0 Å². The first-order valence-electron chi connectivity index (χ1n) is 7.85. The van der Waals surface area contributed by atoms with Gasteiger partial charge in [0.1, 0.15) is 0 Å². The summed E-state index contributed by atoms with van der Waals surface area (Å²) in [5, 5.41) is 8.06. The van der Waals surface area contributed by atoms with Gasteiger partial charge in [0.15, 0.2) is 12.3 Å². The molecule has 3 rings (SSSR count). The molecule has 130 valence electrons. The molecule has 25 heavy (non-hydrogen) atoms. The Labute approximate surface area is 159 Å². The number of aromatic nitrogens is 3. The maximum Gasteiger partial charge on any atom is 0.262 e. The van der Waals surface area contributed by atoms with E-state index >= 15 is 0 Å². The van der Waals surface area contributed by atoms with E-state index in [1.165, 1.54) is 0 Å². The largest absolute Gasteiger partial charge is 0.466 e. The third-order valence-corrected chi connectivity index (χ3v) is 4.56. The summed E-state index contributed by atoms with van der Waals surface area (Å²) in [4.78, 5) is 16.7. The highest BCUT2D eigenvalue weighted by molar-refractivity contribution is 14.1. The lowest BCUT2D eigenvalue weighted by Crippen LogP contribution is -2.21. The number of fused-ring (bicyclic) bond motifs is 1.